The number of aromatic nitrogens is 3. The molecule has 4 rings (SSSR count). The molecule has 0 atom stereocenters. The Labute approximate surface area is 180 Å². The maximum Gasteiger partial charge on any atom is 0.391 e. The average Bonchev–Trinajstić information content (AvgIpc) is 3.22. The smallest absolute Gasteiger partial charge is 0.268 e. The fraction of sp³-hybridized carbons (Fsp3) is 0.381. The van der Waals surface area contributed by atoms with E-state index in [0.29, 0.717) is 45.6 Å². The summed E-state index contributed by atoms with van der Waals surface area (Å²) < 4.78 is 40.8. The molecule has 4 nitrogen and oxygen atoms in total. The van der Waals surface area contributed by atoms with E-state index >= 15 is 0 Å². The van der Waals surface area contributed by atoms with Gasteiger partial charge in [0.2, 0.25) is 0 Å². The lowest BCUT2D eigenvalue weighted by Gasteiger charge is -2.31. The second-order valence-electron chi connectivity index (χ2n) is 7.47. The summed E-state index contributed by atoms with van der Waals surface area (Å²) in [6, 6.07) is 6.79. The molecule has 0 unspecified atom stereocenters. The van der Waals surface area contributed by atoms with Gasteiger partial charge >= 0.3 is 6.18 Å². The summed E-state index contributed by atoms with van der Waals surface area (Å²) >= 11 is 7.35. The average molecular weight is 454 g/mol. The highest BCUT2D eigenvalue weighted by Crippen LogP contribution is 2.43. The van der Waals surface area contributed by atoms with E-state index in [1.54, 1.807) is 42.8 Å². The number of rotatable bonds is 3. The Bertz CT molecular complexity index is 1090. The molecule has 0 N–H and O–H groups in total. The van der Waals surface area contributed by atoms with E-state index < -0.39 is 12.1 Å². The normalized spacial score (nSPS) is 19.8. The topological polar surface area (TPSA) is 47.8 Å². The number of benzene rings is 1. The van der Waals surface area contributed by atoms with Gasteiger partial charge in [-0.1, -0.05) is 11.6 Å². The van der Waals surface area contributed by atoms with Crippen LogP contribution in [-0.4, -0.2) is 20.7 Å². The maximum atomic E-state index is 13.5. The molecular formula is C21H19ClF3N3OS. The van der Waals surface area contributed by atoms with Crippen molar-refractivity contribution in [3.8, 4) is 16.3 Å². The van der Waals surface area contributed by atoms with Crippen molar-refractivity contribution in [2.75, 3.05) is 0 Å². The molecule has 30 heavy (non-hydrogen) atoms. The van der Waals surface area contributed by atoms with Gasteiger partial charge in [-0.25, -0.2) is 9.97 Å². The summed E-state index contributed by atoms with van der Waals surface area (Å²) in [6.07, 6.45) is -1.81. The molecule has 2 aromatic heterocycles. The first kappa shape index (κ1) is 21.1. The number of thiazole rings is 1. The highest BCUT2D eigenvalue weighted by atomic mass is 35.5. The predicted molar refractivity (Wildman–Crippen MR) is 111 cm³/mol. The van der Waals surface area contributed by atoms with E-state index in [-0.39, 0.29) is 24.3 Å². The Morgan fingerprint density at radius 2 is 1.80 bits per heavy atom. The molecule has 9 heteroatoms. The molecule has 0 spiro atoms. The van der Waals surface area contributed by atoms with Crippen LogP contribution >= 0.6 is 22.9 Å². The fourth-order valence-electron chi connectivity index (χ4n) is 4.03. The van der Waals surface area contributed by atoms with Crippen molar-refractivity contribution in [2.24, 2.45) is 5.92 Å². The van der Waals surface area contributed by atoms with Gasteiger partial charge in [-0.2, -0.15) is 13.2 Å². The van der Waals surface area contributed by atoms with Gasteiger partial charge in [-0.05, 0) is 56.9 Å². The van der Waals surface area contributed by atoms with E-state index in [2.05, 4.69) is 4.98 Å². The van der Waals surface area contributed by atoms with Crippen molar-refractivity contribution in [1.82, 2.24) is 14.5 Å². The first-order valence-electron chi connectivity index (χ1n) is 9.61. The Hall–Kier alpha value is -2.19. The molecule has 1 saturated carbocycles. The van der Waals surface area contributed by atoms with Gasteiger partial charge in [0.1, 0.15) is 10.8 Å². The highest BCUT2D eigenvalue weighted by molar-refractivity contribution is 7.13. The molecule has 3 aromatic rings. The summed E-state index contributed by atoms with van der Waals surface area (Å²) in [7, 11) is 0. The maximum absolute atomic E-state index is 13.5. The largest absolute Gasteiger partial charge is 0.391 e. The van der Waals surface area contributed by atoms with Crippen LogP contribution in [0.5, 0.6) is 0 Å². The van der Waals surface area contributed by atoms with Crippen LogP contribution < -0.4 is 5.56 Å². The van der Waals surface area contributed by atoms with Crippen LogP contribution in [0.25, 0.3) is 16.3 Å². The number of hydrogen-bond donors (Lipinski definition) is 0. The Kier molecular flexibility index (Phi) is 5.72. The molecule has 0 radical (unpaired) electrons. The predicted octanol–water partition coefficient (Wildman–Crippen LogP) is 6.15. The second-order valence-corrected chi connectivity index (χ2v) is 8.81. The van der Waals surface area contributed by atoms with Crippen LogP contribution in [0.1, 0.15) is 43.1 Å². The summed E-state index contributed by atoms with van der Waals surface area (Å²) in [6.45, 7) is 1.75. The minimum absolute atomic E-state index is 0.0396. The van der Waals surface area contributed by atoms with E-state index in [1.165, 1.54) is 15.9 Å². The minimum Gasteiger partial charge on any atom is -0.268 e. The standard InChI is InChI=1S/C21H19ClF3N3OS/c1-12-17(19-26-10-11-30-19)20(29)28(16-8-6-15(22)7-9-16)18(27-12)13-2-4-14(5-3-13)21(23,24)25/h6-11,13-14H,2-5H2,1H3. The van der Waals surface area contributed by atoms with Crippen molar-refractivity contribution in [1.29, 1.82) is 0 Å². The number of nitrogens with zero attached hydrogens (tertiary/aromatic N) is 3. The van der Waals surface area contributed by atoms with Crippen LogP contribution in [-0.2, 0) is 0 Å². The summed E-state index contributed by atoms with van der Waals surface area (Å²) in [5, 5.41) is 2.88. The highest BCUT2D eigenvalue weighted by Gasteiger charge is 2.42. The van der Waals surface area contributed by atoms with Gasteiger partial charge in [0.15, 0.2) is 0 Å². The Balaban J connectivity index is 1.82. The molecule has 0 amide bonds. The number of hydrogen-bond acceptors (Lipinski definition) is 4. The SMILES string of the molecule is Cc1nc(C2CCC(C(F)(F)F)CC2)n(-c2ccc(Cl)cc2)c(=O)c1-c1nccs1. The molecule has 2 heterocycles. The lowest BCUT2D eigenvalue weighted by atomic mass is 9.81. The Morgan fingerprint density at radius 1 is 1.13 bits per heavy atom. The number of alkyl halides is 3. The van der Waals surface area contributed by atoms with Crippen molar-refractivity contribution >= 4 is 22.9 Å². The zero-order valence-electron chi connectivity index (χ0n) is 16.1. The molecule has 1 aliphatic rings. The van der Waals surface area contributed by atoms with Crippen LogP contribution in [0.4, 0.5) is 13.2 Å². The fourth-order valence-corrected chi connectivity index (χ4v) is 4.89. The van der Waals surface area contributed by atoms with Gasteiger partial charge in [0.25, 0.3) is 5.56 Å². The summed E-state index contributed by atoms with van der Waals surface area (Å²) in [5.74, 6) is -1.02. The summed E-state index contributed by atoms with van der Waals surface area (Å²) in [5.41, 5.74) is 1.26. The third-order valence-corrected chi connectivity index (χ3v) is 6.62. The number of aryl methyl sites for hydroxylation is 1. The zero-order chi connectivity index (χ0) is 21.5. The lowest BCUT2D eigenvalue weighted by Crippen LogP contribution is -2.32. The molecule has 0 aliphatic heterocycles. The van der Waals surface area contributed by atoms with Crippen LogP contribution in [0.3, 0.4) is 0 Å². The van der Waals surface area contributed by atoms with Crippen molar-refractivity contribution in [3.05, 3.63) is 62.7 Å². The van der Waals surface area contributed by atoms with Gasteiger partial charge in [-0.15, -0.1) is 11.3 Å². The monoisotopic (exact) mass is 453 g/mol. The zero-order valence-corrected chi connectivity index (χ0v) is 17.7. The van der Waals surface area contributed by atoms with Crippen LogP contribution in [0.2, 0.25) is 5.02 Å². The summed E-state index contributed by atoms with van der Waals surface area (Å²) in [4.78, 5) is 22.5. The van der Waals surface area contributed by atoms with E-state index in [4.69, 9.17) is 16.6 Å². The van der Waals surface area contributed by atoms with Gasteiger partial charge in [-0.3, -0.25) is 9.36 Å². The van der Waals surface area contributed by atoms with Gasteiger partial charge in [0.05, 0.1) is 22.9 Å². The van der Waals surface area contributed by atoms with Crippen LogP contribution in [0.15, 0.2) is 40.6 Å². The van der Waals surface area contributed by atoms with Gasteiger partial charge in [0, 0.05) is 22.5 Å². The molecule has 0 bridgehead atoms. The minimum atomic E-state index is -4.18. The van der Waals surface area contributed by atoms with E-state index in [0.717, 1.165) is 0 Å². The molecule has 1 aromatic carbocycles. The van der Waals surface area contributed by atoms with E-state index in [9.17, 15) is 18.0 Å². The third-order valence-electron chi connectivity index (χ3n) is 5.58. The molecule has 1 aliphatic carbocycles. The van der Waals surface area contributed by atoms with Gasteiger partial charge < -0.3 is 0 Å². The number of halogens is 4. The van der Waals surface area contributed by atoms with Crippen molar-refractivity contribution < 1.29 is 13.2 Å². The molecule has 1 fully saturated rings. The first-order valence-corrected chi connectivity index (χ1v) is 10.9. The quantitative estimate of drug-likeness (QED) is 0.477. The molecule has 0 saturated heterocycles. The third kappa shape index (κ3) is 4.03. The lowest BCUT2D eigenvalue weighted by molar-refractivity contribution is -0.182. The van der Waals surface area contributed by atoms with Crippen molar-refractivity contribution in [2.45, 2.75) is 44.7 Å². The molecular weight excluding hydrogens is 435 g/mol. The second kappa shape index (κ2) is 8.15. The Morgan fingerprint density at radius 3 is 2.37 bits per heavy atom. The van der Waals surface area contributed by atoms with Crippen molar-refractivity contribution in [3.63, 3.8) is 0 Å². The first-order chi connectivity index (χ1) is 14.3. The van der Waals surface area contributed by atoms with Crippen LogP contribution in [0, 0.1) is 12.8 Å². The molecule has 158 valence electrons. The van der Waals surface area contributed by atoms with E-state index in [1.807, 2.05) is 0 Å².